The van der Waals surface area contributed by atoms with Gasteiger partial charge in [-0.3, -0.25) is 9.97 Å². The van der Waals surface area contributed by atoms with Crippen LogP contribution in [0.3, 0.4) is 0 Å². The lowest BCUT2D eigenvalue weighted by Gasteiger charge is -2.36. The Kier molecular flexibility index (Phi) is 4.64. The molecule has 1 fully saturated rings. The zero-order chi connectivity index (χ0) is 15.5. The van der Waals surface area contributed by atoms with Gasteiger partial charge in [0.15, 0.2) is 0 Å². The molecule has 0 saturated carbocycles. The van der Waals surface area contributed by atoms with Gasteiger partial charge in [-0.1, -0.05) is 18.5 Å². The maximum Gasteiger partial charge on any atom is 0.135 e. The fourth-order valence-corrected chi connectivity index (χ4v) is 3.20. The second kappa shape index (κ2) is 6.67. The van der Waals surface area contributed by atoms with Crippen molar-refractivity contribution in [2.75, 3.05) is 13.1 Å². The van der Waals surface area contributed by atoms with E-state index in [2.05, 4.69) is 33.7 Å². The minimum absolute atomic E-state index is 0.324. The molecule has 2 atom stereocenters. The molecule has 0 bridgehead atoms. The van der Waals surface area contributed by atoms with Gasteiger partial charge >= 0.3 is 0 Å². The number of piperidine rings is 1. The molecule has 6 heteroatoms. The van der Waals surface area contributed by atoms with E-state index in [0.29, 0.717) is 17.1 Å². The first kappa shape index (κ1) is 15.3. The highest BCUT2D eigenvalue weighted by atomic mass is 35.5. The third-order valence-corrected chi connectivity index (χ3v) is 4.51. The summed E-state index contributed by atoms with van der Waals surface area (Å²) in [5.74, 6) is 1.14. The Hall–Kier alpha value is -1.59. The van der Waals surface area contributed by atoms with E-state index in [9.17, 15) is 0 Å². The molecule has 0 spiro atoms. The zero-order valence-corrected chi connectivity index (χ0v) is 13.7. The van der Waals surface area contributed by atoms with Crippen molar-refractivity contribution in [1.29, 1.82) is 0 Å². The van der Waals surface area contributed by atoms with E-state index in [1.807, 2.05) is 0 Å². The standard InChI is InChI=1S/C16H20ClN5/c1-3-22-10-12(5-4-11(22)2)16-20-13(8-15(17)21-16)14-9-18-6-7-19-14/h6-9,11-12H,3-5,10H2,1-2H3/t11-,12+/m0/s1. The zero-order valence-electron chi connectivity index (χ0n) is 12.9. The van der Waals surface area contributed by atoms with E-state index in [0.717, 1.165) is 43.1 Å². The lowest BCUT2D eigenvalue weighted by molar-refractivity contribution is 0.149. The molecule has 0 aliphatic carbocycles. The van der Waals surface area contributed by atoms with Gasteiger partial charge in [-0.05, 0) is 26.3 Å². The summed E-state index contributed by atoms with van der Waals surface area (Å²) in [5.41, 5.74) is 1.47. The second-order valence-corrected chi connectivity index (χ2v) is 6.12. The molecule has 2 aromatic rings. The highest BCUT2D eigenvalue weighted by Crippen LogP contribution is 2.29. The SMILES string of the molecule is CCN1C[C@H](c2nc(Cl)cc(-c3cnccn3)n2)CC[C@@H]1C. The van der Waals surface area contributed by atoms with Gasteiger partial charge in [-0.15, -0.1) is 0 Å². The molecule has 116 valence electrons. The van der Waals surface area contributed by atoms with Crippen molar-refractivity contribution in [2.24, 2.45) is 0 Å². The molecule has 2 aromatic heterocycles. The fraction of sp³-hybridized carbons (Fsp3) is 0.500. The second-order valence-electron chi connectivity index (χ2n) is 5.74. The van der Waals surface area contributed by atoms with E-state index in [4.69, 9.17) is 16.6 Å². The summed E-state index contributed by atoms with van der Waals surface area (Å²) in [5, 5.41) is 0.465. The summed E-state index contributed by atoms with van der Waals surface area (Å²) < 4.78 is 0. The summed E-state index contributed by atoms with van der Waals surface area (Å²) in [6, 6.07) is 2.37. The first-order chi connectivity index (χ1) is 10.7. The van der Waals surface area contributed by atoms with Crippen LogP contribution < -0.4 is 0 Å². The predicted octanol–water partition coefficient (Wildman–Crippen LogP) is 3.17. The Morgan fingerprint density at radius 3 is 2.82 bits per heavy atom. The van der Waals surface area contributed by atoms with Crippen molar-refractivity contribution >= 4 is 11.6 Å². The molecule has 3 heterocycles. The largest absolute Gasteiger partial charge is 0.300 e. The van der Waals surface area contributed by atoms with E-state index in [-0.39, 0.29) is 0 Å². The number of likely N-dealkylation sites (N-methyl/N-ethyl adjacent to an activating group) is 1. The first-order valence-electron chi connectivity index (χ1n) is 7.72. The third kappa shape index (κ3) is 3.25. The summed E-state index contributed by atoms with van der Waals surface area (Å²) in [4.78, 5) is 20.0. The van der Waals surface area contributed by atoms with Crippen LogP contribution in [0.5, 0.6) is 0 Å². The lowest BCUT2D eigenvalue weighted by Crippen LogP contribution is -2.41. The van der Waals surface area contributed by atoms with Gasteiger partial charge in [0.25, 0.3) is 0 Å². The van der Waals surface area contributed by atoms with Crippen LogP contribution in [0, 0.1) is 0 Å². The van der Waals surface area contributed by atoms with Crippen LogP contribution in [0.4, 0.5) is 0 Å². The molecule has 1 saturated heterocycles. The predicted molar refractivity (Wildman–Crippen MR) is 86.8 cm³/mol. The van der Waals surface area contributed by atoms with Crippen LogP contribution in [-0.4, -0.2) is 44.0 Å². The van der Waals surface area contributed by atoms with Gasteiger partial charge in [0, 0.05) is 37.0 Å². The Morgan fingerprint density at radius 2 is 2.09 bits per heavy atom. The van der Waals surface area contributed by atoms with Crippen LogP contribution in [-0.2, 0) is 0 Å². The van der Waals surface area contributed by atoms with Crippen molar-refractivity contribution in [3.8, 4) is 11.4 Å². The van der Waals surface area contributed by atoms with Crippen LogP contribution >= 0.6 is 11.6 Å². The molecule has 1 aliphatic heterocycles. The number of nitrogens with zero attached hydrogens (tertiary/aromatic N) is 5. The van der Waals surface area contributed by atoms with E-state index in [1.165, 1.54) is 0 Å². The van der Waals surface area contributed by atoms with Crippen molar-refractivity contribution in [3.63, 3.8) is 0 Å². The Bertz CT molecular complexity index is 634. The van der Waals surface area contributed by atoms with Gasteiger partial charge in [-0.2, -0.15) is 0 Å². The summed E-state index contributed by atoms with van der Waals surface area (Å²) in [6.07, 6.45) is 7.26. The van der Waals surface area contributed by atoms with E-state index in [1.54, 1.807) is 24.7 Å². The van der Waals surface area contributed by atoms with Crippen molar-refractivity contribution < 1.29 is 0 Å². The van der Waals surface area contributed by atoms with Crippen LogP contribution in [0.2, 0.25) is 5.15 Å². The van der Waals surface area contributed by atoms with Crippen molar-refractivity contribution in [3.05, 3.63) is 35.6 Å². The minimum atomic E-state index is 0.324. The topological polar surface area (TPSA) is 54.8 Å². The normalized spacial score (nSPS) is 22.7. The van der Waals surface area contributed by atoms with Gasteiger partial charge in [0.05, 0.1) is 11.9 Å². The smallest absolute Gasteiger partial charge is 0.135 e. The maximum absolute atomic E-state index is 6.21. The monoisotopic (exact) mass is 317 g/mol. The maximum atomic E-state index is 6.21. The minimum Gasteiger partial charge on any atom is -0.300 e. The number of hydrogen-bond acceptors (Lipinski definition) is 5. The molecule has 22 heavy (non-hydrogen) atoms. The van der Waals surface area contributed by atoms with Crippen LogP contribution in [0.15, 0.2) is 24.7 Å². The average Bonchev–Trinajstić information content (AvgIpc) is 2.55. The molecule has 0 amide bonds. The Morgan fingerprint density at radius 1 is 1.23 bits per heavy atom. The highest BCUT2D eigenvalue weighted by Gasteiger charge is 2.27. The Labute approximate surface area is 135 Å². The molecule has 5 nitrogen and oxygen atoms in total. The Balaban J connectivity index is 1.90. The number of aromatic nitrogens is 4. The average molecular weight is 318 g/mol. The summed E-state index contributed by atoms with van der Waals surface area (Å²) in [7, 11) is 0. The number of likely N-dealkylation sites (tertiary alicyclic amines) is 1. The molecule has 0 N–H and O–H groups in total. The molecular weight excluding hydrogens is 298 g/mol. The van der Waals surface area contributed by atoms with Gasteiger partial charge in [-0.25, -0.2) is 9.97 Å². The molecule has 1 aliphatic rings. The third-order valence-electron chi connectivity index (χ3n) is 4.32. The molecule has 3 rings (SSSR count). The van der Waals surface area contributed by atoms with Gasteiger partial charge < -0.3 is 4.90 Å². The van der Waals surface area contributed by atoms with E-state index >= 15 is 0 Å². The highest BCUT2D eigenvalue weighted by molar-refractivity contribution is 6.29. The molecule has 0 radical (unpaired) electrons. The number of hydrogen-bond donors (Lipinski definition) is 0. The fourth-order valence-electron chi connectivity index (χ4n) is 3.01. The molecule has 0 aromatic carbocycles. The lowest BCUT2D eigenvalue weighted by atomic mass is 9.92. The summed E-state index contributed by atoms with van der Waals surface area (Å²) >= 11 is 6.21. The molecule has 0 unspecified atom stereocenters. The quantitative estimate of drug-likeness (QED) is 0.814. The number of halogens is 1. The van der Waals surface area contributed by atoms with Crippen molar-refractivity contribution in [1.82, 2.24) is 24.8 Å². The van der Waals surface area contributed by atoms with Crippen LogP contribution in [0.25, 0.3) is 11.4 Å². The first-order valence-corrected chi connectivity index (χ1v) is 8.10. The molecular formula is C16H20ClN5. The van der Waals surface area contributed by atoms with Crippen LogP contribution in [0.1, 0.15) is 38.4 Å². The summed E-state index contributed by atoms with van der Waals surface area (Å²) in [6.45, 7) is 6.51. The number of rotatable bonds is 3. The van der Waals surface area contributed by atoms with Gasteiger partial charge in [0.2, 0.25) is 0 Å². The van der Waals surface area contributed by atoms with E-state index < -0.39 is 0 Å². The van der Waals surface area contributed by atoms with Gasteiger partial charge in [0.1, 0.15) is 16.7 Å². The van der Waals surface area contributed by atoms with Crippen molar-refractivity contribution in [2.45, 2.75) is 38.6 Å².